The van der Waals surface area contributed by atoms with Crippen molar-refractivity contribution in [1.82, 2.24) is 4.90 Å². The van der Waals surface area contributed by atoms with Crippen molar-refractivity contribution >= 4 is 11.8 Å². The van der Waals surface area contributed by atoms with Crippen LogP contribution in [0, 0.1) is 5.92 Å². The Hall–Kier alpha value is -1.10. The minimum Gasteiger partial charge on any atom is -0.384 e. The Kier molecular flexibility index (Phi) is 4.55. The van der Waals surface area contributed by atoms with Crippen molar-refractivity contribution in [1.29, 1.82) is 0 Å². The van der Waals surface area contributed by atoms with Gasteiger partial charge in [0.05, 0.1) is 13.0 Å². The zero-order valence-corrected chi connectivity index (χ0v) is 9.07. The summed E-state index contributed by atoms with van der Waals surface area (Å²) in [6.07, 6.45) is 1.79. The van der Waals surface area contributed by atoms with Crippen LogP contribution in [0.3, 0.4) is 0 Å². The number of carbonyl (C=O) groups excluding carboxylic acids is 2. The summed E-state index contributed by atoms with van der Waals surface area (Å²) in [5.74, 6) is -0.213. The van der Waals surface area contributed by atoms with Gasteiger partial charge in [-0.05, 0) is 12.8 Å². The van der Waals surface area contributed by atoms with Crippen molar-refractivity contribution in [3.8, 4) is 0 Å². The number of nitrogens with two attached hydrogens (primary N) is 1. The van der Waals surface area contributed by atoms with Gasteiger partial charge in [-0.1, -0.05) is 0 Å². The van der Waals surface area contributed by atoms with Crippen LogP contribution in [-0.2, 0) is 14.3 Å². The molecular formula is C10H18N2O3. The van der Waals surface area contributed by atoms with Crippen molar-refractivity contribution in [3.63, 3.8) is 0 Å². The van der Waals surface area contributed by atoms with E-state index in [1.54, 1.807) is 12.0 Å². The van der Waals surface area contributed by atoms with Crippen molar-refractivity contribution < 1.29 is 14.3 Å². The van der Waals surface area contributed by atoms with Crippen LogP contribution >= 0.6 is 0 Å². The van der Waals surface area contributed by atoms with Gasteiger partial charge in [0.25, 0.3) is 0 Å². The molecule has 2 N–H and O–H groups in total. The zero-order valence-electron chi connectivity index (χ0n) is 9.07. The largest absolute Gasteiger partial charge is 0.384 e. The number of hydrogen-bond donors (Lipinski definition) is 1. The Labute approximate surface area is 89.6 Å². The molecule has 1 rings (SSSR count). The van der Waals surface area contributed by atoms with E-state index in [0.29, 0.717) is 39.0 Å². The Morgan fingerprint density at radius 3 is 2.47 bits per heavy atom. The number of primary amides is 1. The first kappa shape index (κ1) is 12.0. The molecule has 0 radical (unpaired) electrons. The molecule has 2 amide bonds. The first-order chi connectivity index (χ1) is 7.15. The van der Waals surface area contributed by atoms with Crippen LogP contribution in [0.1, 0.15) is 19.3 Å². The van der Waals surface area contributed by atoms with E-state index in [1.807, 2.05) is 0 Å². The second kappa shape index (κ2) is 5.70. The van der Waals surface area contributed by atoms with Crippen LogP contribution < -0.4 is 5.73 Å². The fourth-order valence-electron chi connectivity index (χ4n) is 1.76. The van der Waals surface area contributed by atoms with Crippen LogP contribution in [0.15, 0.2) is 0 Å². The molecule has 0 spiro atoms. The fourth-order valence-corrected chi connectivity index (χ4v) is 1.76. The van der Waals surface area contributed by atoms with E-state index in [9.17, 15) is 9.59 Å². The lowest BCUT2D eigenvalue weighted by Gasteiger charge is -2.30. The van der Waals surface area contributed by atoms with E-state index < -0.39 is 0 Å². The number of methoxy groups -OCH3 is 1. The van der Waals surface area contributed by atoms with Gasteiger partial charge in [0.15, 0.2) is 0 Å². The molecule has 1 aliphatic rings. The predicted molar refractivity (Wildman–Crippen MR) is 55.0 cm³/mol. The average Bonchev–Trinajstić information content (AvgIpc) is 2.26. The SMILES string of the molecule is COCCC(=O)N1CCC(C(N)=O)CC1. The second-order valence-corrected chi connectivity index (χ2v) is 3.80. The molecule has 0 atom stereocenters. The molecule has 1 fully saturated rings. The van der Waals surface area contributed by atoms with Gasteiger partial charge in [0.2, 0.25) is 11.8 Å². The van der Waals surface area contributed by atoms with Crippen molar-refractivity contribution in [2.24, 2.45) is 11.7 Å². The lowest BCUT2D eigenvalue weighted by atomic mass is 9.96. The molecule has 5 nitrogen and oxygen atoms in total. The molecule has 0 aromatic heterocycles. The first-order valence-electron chi connectivity index (χ1n) is 5.21. The van der Waals surface area contributed by atoms with Gasteiger partial charge in [-0.2, -0.15) is 0 Å². The highest BCUT2D eigenvalue weighted by Crippen LogP contribution is 2.17. The number of amides is 2. The molecule has 1 aliphatic heterocycles. The van der Waals surface area contributed by atoms with E-state index in [1.165, 1.54) is 0 Å². The molecule has 15 heavy (non-hydrogen) atoms. The normalized spacial score (nSPS) is 17.8. The van der Waals surface area contributed by atoms with Crippen LogP contribution in [-0.4, -0.2) is 43.5 Å². The Morgan fingerprint density at radius 2 is 2.00 bits per heavy atom. The third kappa shape index (κ3) is 3.51. The van der Waals surface area contributed by atoms with Crippen molar-refractivity contribution in [2.75, 3.05) is 26.8 Å². The van der Waals surface area contributed by atoms with Crippen molar-refractivity contribution in [2.45, 2.75) is 19.3 Å². The quantitative estimate of drug-likeness (QED) is 0.701. The van der Waals surface area contributed by atoms with Crippen LogP contribution in [0.25, 0.3) is 0 Å². The van der Waals surface area contributed by atoms with Gasteiger partial charge < -0.3 is 15.4 Å². The zero-order chi connectivity index (χ0) is 11.3. The lowest BCUT2D eigenvalue weighted by Crippen LogP contribution is -2.41. The standard InChI is InChI=1S/C10H18N2O3/c1-15-7-4-9(13)12-5-2-8(3-6-12)10(11)14/h8H,2-7H2,1H3,(H2,11,14). The summed E-state index contributed by atoms with van der Waals surface area (Å²) in [6, 6.07) is 0. The number of piperidine rings is 1. The molecule has 0 aromatic carbocycles. The van der Waals surface area contributed by atoms with Gasteiger partial charge in [-0.15, -0.1) is 0 Å². The van der Waals surface area contributed by atoms with Gasteiger partial charge in [-0.25, -0.2) is 0 Å². The highest BCUT2D eigenvalue weighted by molar-refractivity contribution is 5.78. The lowest BCUT2D eigenvalue weighted by molar-refractivity contribution is -0.135. The number of carbonyl (C=O) groups is 2. The number of likely N-dealkylation sites (tertiary alicyclic amines) is 1. The maximum Gasteiger partial charge on any atom is 0.224 e. The van der Waals surface area contributed by atoms with Gasteiger partial charge in [0.1, 0.15) is 0 Å². The summed E-state index contributed by atoms with van der Waals surface area (Å²) in [5.41, 5.74) is 5.21. The van der Waals surface area contributed by atoms with Gasteiger partial charge in [-0.3, -0.25) is 9.59 Å². The van der Waals surface area contributed by atoms with Crippen LogP contribution in [0.2, 0.25) is 0 Å². The number of rotatable bonds is 4. The molecule has 0 aliphatic carbocycles. The highest BCUT2D eigenvalue weighted by atomic mass is 16.5. The van der Waals surface area contributed by atoms with E-state index in [-0.39, 0.29) is 17.7 Å². The van der Waals surface area contributed by atoms with Gasteiger partial charge >= 0.3 is 0 Å². The minimum atomic E-state index is -0.251. The molecule has 0 unspecified atom stereocenters. The molecule has 1 saturated heterocycles. The molecule has 1 heterocycles. The summed E-state index contributed by atoms with van der Waals surface area (Å²) < 4.78 is 4.84. The Balaban J connectivity index is 2.30. The summed E-state index contributed by atoms with van der Waals surface area (Å²) in [6.45, 7) is 1.72. The van der Waals surface area contributed by atoms with E-state index in [2.05, 4.69) is 0 Å². The minimum absolute atomic E-state index is 0.0588. The summed E-state index contributed by atoms with van der Waals surface area (Å²) in [5, 5.41) is 0. The monoisotopic (exact) mass is 214 g/mol. The molecule has 0 aromatic rings. The Bertz CT molecular complexity index is 235. The number of ether oxygens (including phenoxy) is 1. The third-order valence-corrected chi connectivity index (χ3v) is 2.77. The molecule has 86 valence electrons. The topological polar surface area (TPSA) is 72.6 Å². The third-order valence-electron chi connectivity index (χ3n) is 2.77. The maximum atomic E-state index is 11.6. The summed E-state index contributed by atoms with van der Waals surface area (Å²) >= 11 is 0. The Morgan fingerprint density at radius 1 is 1.40 bits per heavy atom. The summed E-state index contributed by atoms with van der Waals surface area (Å²) in [4.78, 5) is 24.2. The first-order valence-corrected chi connectivity index (χ1v) is 5.21. The van der Waals surface area contributed by atoms with Gasteiger partial charge in [0, 0.05) is 26.1 Å². The molecule has 0 bridgehead atoms. The number of nitrogens with zero attached hydrogens (tertiary/aromatic N) is 1. The second-order valence-electron chi connectivity index (χ2n) is 3.80. The number of hydrogen-bond acceptors (Lipinski definition) is 3. The maximum absolute atomic E-state index is 11.6. The predicted octanol–water partition coefficient (Wildman–Crippen LogP) is -0.253. The fraction of sp³-hybridized carbons (Fsp3) is 0.800. The summed E-state index contributed by atoms with van der Waals surface area (Å²) in [7, 11) is 1.58. The van der Waals surface area contributed by atoms with Crippen LogP contribution in [0.4, 0.5) is 0 Å². The van der Waals surface area contributed by atoms with E-state index in [4.69, 9.17) is 10.5 Å². The molecule has 5 heteroatoms. The average molecular weight is 214 g/mol. The highest BCUT2D eigenvalue weighted by Gasteiger charge is 2.25. The smallest absolute Gasteiger partial charge is 0.224 e. The van der Waals surface area contributed by atoms with Crippen LogP contribution in [0.5, 0.6) is 0 Å². The molecular weight excluding hydrogens is 196 g/mol. The molecule has 0 saturated carbocycles. The van der Waals surface area contributed by atoms with E-state index >= 15 is 0 Å². The van der Waals surface area contributed by atoms with E-state index in [0.717, 1.165) is 0 Å². The van der Waals surface area contributed by atoms with Crippen molar-refractivity contribution in [3.05, 3.63) is 0 Å².